The maximum absolute atomic E-state index is 6.31. The minimum absolute atomic E-state index is 0.387. The van der Waals surface area contributed by atoms with E-state index in [1.54, 1.807) is 0 Å². The first-order chi connectivity index (χ1) is 6.99. The Morgan fingerprint density at radius 1 is 1.07 bits per heavy atom. The van der Waals surface area contributed by atoms with E-state index in [-0.39, 0.29) is 0 Å². The molecule has 0 aromatic rings. The summed E-state index contributed by atoms with van der Waals surface area (Å²) in [7, 11) is 0. The first kappa shape index (κ1) is 13.4. The van der Waals surface area contributed by atoms with Crippen molar-refractivity contribution < 1.29 is 0 Å². The van der Waals surface area contributed by atoms with E-state index in [0.717, 1.165) is 17.8 Å². The van der Waals surface area contributed by atoms with Crippen LogP contribution in [0.25, 0.3) is 0 Å². The molecule has 1 aliphatic carbocycles. The van der Waals surface area contributed by atoms with Gasteiger partial charge in [0.25, 0.3) is 0 Å². The monoisotopic (exact) mass is 230 g/mol. The van der Waals surface area contributed by atoms with Crippen LogP contribution in [-0.4, -0.2) is 5.38 Å². The second kappa shape index (κ2) is 6.13. The summed E-state index contributed by atoms with van der Waals surface area (Å²) in [6.07, 6.45) is 6.87. The molecule has 3 atom stereocenters. The Balaban J connectivity index is 2.26. The SMILES string of the molecule is CC1CC(C)CC(CCC(Cl)C(C)C)C1. The van der Waals surface area contributed by atoms with Crippen LogP contribution in [0.2, 0.25) is 0 Å². The molecule has 0 spiro atoms. The molecule has 0 aromatic heterocycles. The fraction of sp³-hybridized carbons (Fsp3) is 1.00. The van der Waals surface area contributed by atoms with Crippen molar-refractivity contribution in [2.24, 2.45) is 23.7 Å². The van der Waals surface area contributed by atoms with Crippen LogP contribution < -0.4 is 0 Å². The van der Waals surface area contributed by atoms with Crippen LogP contribution in [0.4, 0.5) is 0 Å². The van der Waals surface area contributed by atoms with E-state index in [0.29, 0.717) is 11.3 Å². The third kappa shape index (κ3) is 4.76. The fourth-order valence-electron chi connectivity index (χ4n) is 3.08. The van der Waals surface area contributed by atoms with Crippen molar-refractivity contribution in [3.8, 4) is 0 Å². The molecule has 1 heteroatoms. The number of rotatable bonds is 4. The lowest BCUT2D eigenvalue weighted by molar-refractivity contribution is 0.205. The smallest absolute Gasteiger partial charge is 0.0359 e. The zero-order chi connectivity index (χ0) is 11.4. The summed E-state index contributed by atoms with van der Waals surface area (Å²) in [6.45, 7) is 9.26. The van der Waals surface area contributed by atoms with E-state index in [9.17, 15) is 0 Å². The van der Waals surface area contributed by atoms with E-state index in [1.807, 2.05) is 0 Å². The number of halogens is 1. The average Bonchev–Trinajstić information content (AvgIpc) is 2.12. The van der Waals surface area contributed by atoms with Gasteiger partial charge in [0.15, 0.2) is 0 Å². The summed E-state index contributed by atoms with van der Waals surface area (Å²) in [6, 6.07) is 0. The van der Waals surface area contributed by atoms with Gasteiger partial charge in [0.05, 0.1) is 0 Å². The molecular formula is C14H27Cl. The summed E-state index contributed by atoms with van der Waals surface area (Å²) >= 11 is 6.31. The van der Waals surface area contributed by atoms with Gasteiger partial charge in [0, 0.05) is 5.38 Å². The van der Waals surface area contributed by atoms with Gasteiger partial charge in [-0.2, -0.15) is 0 Å². The van der Waals surface area contributed by atoms with Crippen LogP contribution in [0.3, 0.4) is 0 Å². The predicted octanol–water partition coefficient (Wildman–Crippen LogP) is 5.10. The van der Waals surface area contributed by atoms with Crippen molar-refractivity contribution in [1.82, 2.24) is 0 Å². The molecule has 1 rings (SSSR count). The van der Waals surface area contributed by atoms with Crippen LogP contribution in [0.15, 0.2) is 0 Å². The van der Waals surface area contributed by atoms with E-state index in [2.05, 4.69) is 27.7 Å². The Labute approximate surface area is 101 Å². The van der Waals surface area contributed by atoms with E-state index in [1.165, 1.54) is 32.1 Å². The van der Waals surface area contributed by atoms with E-state index < -0.39 is 0 Å². The van der Waals surface area contributed by atoms with Crippen molar-refractivity contribution in [2.75, 3.05) is 0 Å². The number of hydrogen-bond acceptors (Lipinski definition) is 0. The van der Waals surface area contributed by atoms with Crippen molar-refractivity contribution in [3.63, 3.8) is 0 Å². The predicted molar refractivity (Wildman–Crippen MR) is 69.4 cm³/mol. The third-order valence-corrected chi connectivity index (χ3v) is 4.57. The molecule has 0 N–H and O–H groups in total. The van der Waals surface area contributed by atoms with Gasteiger partial charge in [-0.25, -0.2) is 0 Å². The van der Waals surface area contributed by atoms with Crippen LogP contribution in [0.5, 0.6) is 0 Å². The molecule has 0 aliphatic heterocycles. The quantitative estimate of drug-likeness (QED) is 0.590. The number of alkyl halides is 1. The Morgan fingerprint density at radius 2 is 1.60 bits per heavy atom. The van der Waals surface area contributed by atoms with Crippen LogP contribution in [0.1, 0.15) is 59.8 Å². The standard InChI is InChI=1S/C14H27Cl/c1-10(2)14(15)6-5-13-8-11(3)7-12(4)9-13/h10-14H,5-9H2,1-4H3. The summed E-state index contributed by atoms with van der Waals surface area (Å²) in [5.74, 6) is 3.45. The Bertz CT molecular complexity index is 166. The van der Waals surface area contributed by atoms with Crippen LogP contribution in [0, 0.1) is 23.7 Å². The molecule has 1 saturated carbocycles. The highest BCUT2D eigenvalue weighted by Crippen LogP contribution is 2.36. The average molecular weight is 231 g/mol. The topological polar surface area (TPSA) is 0 Å². The molecule has 90 valence electrons. The summed E-state index contributed by atoms with van der Waals surface area (Å²) in [5.41, 5.74) is 0. The van der Waals surface area contributed by atoms with Gasteiger partial charge in [-0.3, -0.25) is 0 Å². The highest BCUT2D eigenvalue weighted by atomic mass is 35.5. The molecule has 0 heterocycles. The van der Waals surface area contributed by atoms with Crippen molar-refractivity contribution >= 4 is 11.6 Å². The van der Waals surface area contributed by atoms with Gasteiger partial charge in [0.2, 0.25) is 0 Å². The second-order valence-electron chi connectivity index (χ2n) is 6.12. The molecule has 1 aliphatic rings. The largest absolute Gasteiger partial charge is 0.123 e. The molecule has 1 fully saturated rings. The second-order valence-corrected chi connectivity index (χ2v) is 6.68. The van der Waals surface area contributed by atoms with Crippen molar-refractivity contribution in [2.45, 2.75) is 65.2 Å². The van der Waals surface area contributed by atoms with Crippen molar-refractivity contribution in [1.29, 1.82) is 0 Å². The lowest BCUT2D eigenvalue weighted by Crippen LogP contribution is -2.21. The zero-order valence-electron chi connectivity index (χ0n) is 10.8. The van der Waals surface area contributed by atoms with Crippen LogP contribution in [-0.2, 0) is 0 Å². The van der Waals surface area contributed by atoms with Gasteiger partial charge in [-0.15, -0.1) is 11.6 Å². The van der Waals surface area contributed by atoms with Crippen LogP contribution >= 0.6 is 11.6 Å². The van der Waals surface area contributed by atoms with Gasteiger partial charge in [-0.1, -0.05) is 27.7 Å². The molecule has 3 unspecified atom stereocenters. The minimum Gasteiger partial charge on any atom is -0.123 e. The Morgan fingerprint density at radius 3 is 2.07 bits per heavy atom. The normalized spacial score (nSPS) is 34.4. The fourth-order valence-corrected chi connectivity index (χ4v) is 3.20. The summed E-state index contributed by atoms with van der Waals surface area (Å²) in [4.78, 5) is 0. The first-order valence-electron chi connectivity index (χ1n) is 6.63. The molecule has 0 saturated heterocycles. The number of hydrogen-bond donors (Lipinski definition) is 0. The van der Waals surface area contributed by atoms with Gasteiger partial charge in [0.1, 0.15) is 0 Å². The lowest BCUT2D eigenvalue weighted by Gasteiger charge is -2.32. The third-order valence-electron chi connectivity index (χ3n) is 3.85. The summed E-state index contributed by atoms with van der Waals surface area (Å²) in [5, 5.41) is 0.387. The van der Waals surface area contributed by atoms with E-state index >= 15 is 0 Å². The van der Waals surface area contributed by atoms with Gasteiger partial charge in [-0.05, 0) is 55.8 Å². The maximum Gasteiger partial charge on any atom is 0.0359 e. The lowest BCUT2D eigenvalue weighted by atomic mass is 9.75. The van der Waals surface area contributed by atoms with Crippen molar-refractivity contribution in [3.05, 3.63) is 0 Å². The molecule has 0 bridgehead atoms. The maximum atomic E-state index is 6.31. The zero-order valence-corrected chi connectivity index (χ0v) is 11.6. The highest BCUT2D eigenvalue weighted by Gasteiger charge is 2.24. The first-order valence-corrected chi connectivity index (χ1v) is 7.06. The van der Waals surface area contributed by atoms with E-state index in [4.69, 9.17) is 11.6 Å². The molecule has 0 nitrogen and oxygen atoms in total. The minimum atomic E-state index is 0.387. The molecule has 0 radical (unpaired) electrons. The van der Waals surface area contributed by atoms with Gasteiger partial charge >= 0.3 is 0 Å². The Hall–Kier alpha value is 0.290. The Kier molecular flexibility index (Phi) is 5.46. The molecular weight excluding hydrogens is 204 g/mol. The molecule has 0 amide bonds. The molecule has 0 aromatic carbocycles. The molecule has 15 heavy (non-hydrogen) atoms. The van der Waals surface area contributed by atoms with Gasteiger partial charge < -0.3 is 0 Å². The summed E-state index contributed by atoms with van der Waals surface area (Å²) < 4.78 is 0. The highest BCUT2D eigenvalue weighted by molar-refractivity contribution is 6.20.